The molecule has 1 aromatic rings. The van der Waals surface area contributed by atoms with Crippen LogP contribution in [0.3, 0.4) is 0 Å². The number of carbonyl (C=O) groups is 1. The van der Waals surface area contributed by atoms with Crippen LogP contribution in [0.5, 0.6) is 0 Å². The van der Waals surface area contributed by atoms with Gasteiger partial charge in [0.15, 0.2) is 5.76 Å². The second-order valence-corrected chi connectivity index (χ2v) is 3.67. The molecule has 0 bridgehead atoms. The molecule has 4 heteroatoms. The standard InChI is InChI=1S/C10H13NO3/c1-7-2-3-9(14-7)10(13)11-4-8(5-11)6-12/h2-3,8,12H,4-6H2,1H3. The van der Waals surface area contributed by atoms with Crippen molar-refractivity contribution in [3.05, 3.63) is 23.7 Å². The van der Waals surface area contributed by atoms with Crippen LogP contribution in [0.2, 0.25) is 0 Å². The first-order chi connectivity index (χ1) is 6.70. The van der Waals surface area contributed by atoms with E-state index in [2.05, 4.69) is 0 Å². The van der Waals surface area contributed by atoms with Crippen LogP contribution in [0.4, 0.5) is 0 Å². The lowest BCUT2D eigenvalue weighted by molar-refractivity contribution is 0.0333. The van der Waals surface area contributed by atoms with Crippen molar-refractivity contribution < 1.29 is 14.3 Å². The summed E-state index contributed by atoms with van der Waals surface area (Å²) in [6, 6.07) is 3.46. The van der Waals surface area contributed by atoms with Gasteiger partial charge in [0.1, 0.15) is 5.76 Å². The normalized spacial score (nSPS) is 16.9. The Bertz CT molecular complexity index is 339. The van der Waals surface area contributed by atoms with E-state index < -0.39 is 0 Å². The number of aryl methyl sites for hydroxylation is 1. The Kier molecular flexibility index (Phi) is 2.29. The topological polar surface area (TPSA) is 53.7 Å². The van der Waals surface area contributed by atoms with Crippen LogP contribution in [0.15, 0.2) is 16.5 Å². The first-order valence-electron chi connectivity index (χ1n) is 4.67. The highest BCUT2D eigenvalue weighted by Gasteiger charge is 2.31. The first kappa shape index (κ1) is 9.27. The summed E-state index contributed by atoms with van der Waals surface area (Å²) in [5.41, 5.74) is 0. The number of nitrogens with zero attached hydrogens (tertiary/aromatic N) is 1. The zero-order chi connectivity index (χ0) is 10.1. The number of furan rings is 1. The van der Waals surface area contributed by atoms with Crippen molar-refractivity contribution >= 4 is 5.91 Å². The molecule has 1 saturated heterocycles. The lowest BCUT2D eigenvalue weighted by atomic mass is 10.0. The maximum atomic E-state index is 11.7. The zero-order valence-corrected chi connectivity index (χ0v) is 8.06. The number of hydrogen-bond donors (Lipinski definition) is 1. The van der Waals surface area contributed by atoms with Crippen LogP contribution < -0.4 is 0 Å². The largest absolute Gasteiger partial charge is 0.456 e. The zero-order valence-electron chi connectivity index (χ0n) is 8.06. The molecule has 2 heterocycles. The molecule has 1 aliphatic heterocycles. The molecule has 1 aromatic heterocycles. The Morgan fingerprint density at radius 2 is 2.36 bits per heavy atom. The van der Waals surface area contributed by atoms with E-state index in [0.29, 0.717) is 18.8 Å². The van der Waals surface area contributed by atoms with E-state index in [-0.39, 0.29) is 18.4 Å². The molecular weight excluding hydrogens is 182 g/mol. The molecule has 1 fully saturated rings. The maximum absolute atomic E-state index is 11.7. The van der Waals surface area contributed by atoms with Crippen LogP contribution in [0.1, 0.15) is 16.3 Å². The monoisotopic (exact) mass is 195 g/mol. The van der Waals surface area contributed by atoms with Crippen molar-refractivity contribution in [2.24, 2.45) is 5.92 Å². The molecule has 0 spiro atoms. The Morgan fingerprint density at radius 1 is 1.64 bits per heavy atom. The average molecular weight is 195 g/mol. The Hall–Kier alpha value is -1.29. The van der Waals surface area contributed by atoms with Crippen molar-refractivity contribution in [2.45, 2.75) is 6.92 Å². The molecule has 4 nitrogen and oxygen atoms in total. The van der Waals surface area contributed by atoms with Crippen molar-refractivity contribution in [3.8, 4) is 0 Å². The minimum absolute atomic E-state index is 0.0807. The number of amides is 1. The molecule has 0 radical (unpaired) electrons. The van der Waals surface area contributed by atoms with Crippen molar-refractivity contribution in [3.63, 3.8) is 0 Å². The number of hydrogen-bond acceptors (Lipinski definition) is 3. The number of carbonyl (C=O) groups excluding carboxylic acids is 1. The van der Waals surface area contributed by atoms with Crippen LogP contribution in [0, 0.1) is 12.8 Å². The minimum atomic E-state index is -0.0807. The molecule has 0 unspecified atom stereocenters. The molecule has 0 atom stereocenters. The Morgan fingerprint density at radius 3 is 2.86 bits per heavy atom. The second-order valence-electron chi connectivity index (χ2n) is 3.67. The summed E-state index contributed by atoms with van der Waals surface area (Å²) < 4.78 is 5.22. The van der Waals surface area contributed by atoms with Gasteiger partial charge < -0.3 is 14.4 Å². The number of aliphatic hydroxyl groups is 1. The van der Waals surface area contributed by atoms with Gasteiger partial charge in [-0.1, -0.05) is 0 Å². The second kappa shape index (κ2) is 3.46. The third-order valence-corrected chi connectivity index (χ3v) is 2.45. The SMILES string of the molecule is Cc1ccc(C(=O)N2CC(CO)C2)o1. The van der Waals surface area contributed by atoms with Crippen LogP contribution in [-0.4, -0.2) is 35.6 Å². The average Bonchev–Trinajstić information content (AvgIpc) is 2.49. The van der Waals surface area contributed by atoms with Gasteiger partial charge in [-0.25, -0.2) is 0 Å². The highest BCUT2D eigenvalue weighted by atomic mass is 16.3. The Balaban J connectivity index is 1.97. The van der Waals surface area contributed by atoms with Gasteiger partial charge in [-0.3, -0.25) is 4.79 Å². The van der Waals surface area contributed by atoms with E-state index in [0.717, 1.165) is 5.76 Å². The van der Waals surface area contributed by atoms with Gasteiger partial charge in [0.25, 0.3) is 5.91 Å². The van der Waals surface area contributed by atoms with Crippen molar-refractivity contribution in [1.82, 2.24) is 4.90 Å². The molecule has 1 aliphatic rings. The van der Waals surface area contributed by atoms with E-state index in [1.807, 2.05) is 6.92 Å². The van der Waals surface area contributed by atoms with Gasteiger partial charge in [0.2, 0.25) is 0 Å². The van der Waals surface area contributed by atoms with Gasteiger partial charge >= 0.3 is 0 Å². The maximum Gasteiger partial charge on any atom is 0.289 e. The number of likely N-dealkylation sites (tertiary alicyclic amines) is 1. The van der Waals surface area contributed by atoms with Crippen molar-refractivity contribution in [1.29, 1.82) is 0 Å². The fourth-order valence-electron chi connectivity index (χ4n) is 1.56. The van der Waals surface area contributed by atoms with E-state index >= 15 is 0 Å². The fourth-order valence-corrected chi connectivity index (χ4v) is 1.56. The molecular formula is C10H13NO3. The highest BCUT2D eigenvalue weighted by molar-refractivity contribution is 5.92. The Labute approximate surface area is 82.1 Å². The summed E-state index contributed by atoms with van der Waals surface area (Å²) in [7, 11) is 0. The van der Waals surface area contributed by atoms with Gasteiger partial charge in [0.05, 0.1) is 0 Å². The lowest BCUT2D eigenvalue weighted by Gasteiger charge is -2.37. The number of aliphatic hydroxyl groups excluding tert-OH is 1. The molecule has 1 N–H and O–H groups in total. The van der Waals surface area contributed by atoms with Crippen LogP contribution >= 0.6 is 0 Å². The molecule has 0 saturated carbocycles. The molecule has 76 valence electrons. The smallest absolute Gasteiger partial charge is 0.289 e. The van der Waals surface area contributed by atoms with E-state index in [1.165, 1.54) is 0 Å². The summed E-state index contributed by atoms with van der Waals surface area (Å²) >= 11 is 0. The van der Waals surface area contributed by atoms with Crippen LogP contribution in [-0.2, 0) is 0 Å². The van der Waals surface area contributed by atoms with E-state index in [1.54, 1.807) is 17.0 Å². The predicted molar refractivity (Wildman–Crippen MR) is 49.9 cm³/mol. The third kappa shape index (κ3) is 1.53. The van der Waals surface area contributed by atoms with Gasteiger partial charge in [0, 0.05) is 25.6 Å². The third-order valence-electron chi connectivity index (χ3n) is 2.45. The summed E-state index contributed by atoms with van der Waals surface area (Å²) in [5, 5.41) is 8.80. The van der Waals surface area contributed by atoms with Gasteiger partial charge in [-0.15, -0.1) is 0 Å². The van der Waals surface area contributed by atoms with Gasteiger partial charge in [-0.05, 0) is 19.1 Å². The lowest BCUT2D eigenvalue weighted by Crippen LogP contribution is -2.51. The minimum Gasteiger partial charge on any atom is -0.456 e. The highest BCUT2D eigenvalue weighted by Crippen LogP contribution is 2.19. The molecule has 2 rings (SSSR count). The van der Waals surface area contributed by atoms with Crippen molar-refractivity contribution in [2.75, 3.05) is 19.7 Å². The summed E-state index contributed by atoms with van der Waals surface area (Å²) in [6.45, 7) is 3.23. The van der Waals surface area contributed by atoms with E-state index in [4.69, 9.17) is 9.52 Å². The molecule has 0 aliphatic carbocycles. The van der Waals surface area contributed by atoms with E-state index in [9.17, 15) is 4.79 Å². The predicted octanol–water partition coefficient (Wildman–Crippen LogP) is 0.652. The molecule has 14 heavy (non-hydrogen) atoms. The fraction of sp³-hybridized carbons (Fsp3) is 0.500. The summed E-state index contributed by atoms with van der Waals surface area (Å²) in [6.07, 6.45) is 0. The quantitative estimate of drug-likeness (QED) is 0.754. The van der Waals surface area contributed by atoms with Crippen LogP contribution in [0.25, 0.3) is 0 Å². The first-order valence-corrected chi connectivity index (χ1v) is 4.67. The molecule has 0 aromatic carbocycles. The number of rotatable bonds is 2. The summed E-state index contributed by atoms with van der Waals surface area (Å²) in [4.78, 5) is 13.3. The summed E-state index contributed by atoms with van der Waals surface area (Å²) in [5.74, 6) is 1.30. The van der Waals surface area contributed by atoms with Gasteiger partial charge in [-0.2, -0.15) is 0 Å². The molecule has 1 amide bonds.